The molecule has 0 amide bonds. The van der Waals surface area contributed by atoms with E-state index in [4.69, 9.17) is 0 Å². The van der Waals surface area contributed by atoms with Crippen molar-refractivity contribution < 1.29 is 17.3 Å². The van der Waals surface area contributed by atoms with E-state index in [1.54, 1.807) is 12.8 Å². The van der Waals surface area contributed by atoms with Gasteiger partial charge >= 0.3 is 69.1 Å². The molecular weight excluding hydrogens is 162 g/mol. The zero-order chi connectivity index (χ0) is 7.49. The van der Waals surface area contributed by atoms with E-state index in [1.165, 1.54) is 49.0 Å². The van der Waals surface area contributed by atoms with Crippen LogP contribution in [0.2, 0.25) is 0.0125 Å². The van der Waals surface area contributed by atoms with E-state index in [1.807, 2.05) is 0 Å². The van der Waals surface area contributed by atoms with Gasteiger partial charge in [0.25, 0.3) is 0 Å². The fraction of sp³-hybridized carbons (Fsp3) is 1.00. The molecule has 0 nitrogen and oxygen atoms in total. The van der Waals surface area contributed by atoms with Gasteiger partial charge in [-0.1, -0.05) is 0 Å². The van der Waals surface area contributed by atoms with Gasteiger partial charge in [-0.2, -0.15) is 0 Å². The van der Waals surface area contributed by atoms with Crippen LogP contribution < -0.4 is 0 Å². The Kier molecular flexibility index (Phi) is 5.01. The third-order valence-electron chi connectivity index (χ3n) is 0.866. The zero-order valence-electron chi connectivity index (χ0n) is 5.08. The van der Waals surface area contributed by atoms with Gasteiger partial charge in [0.15, 0.2) is 0 Å². The van der Waals surface area contributed by atoms with Gasteiger partial charge in [0.2, 0.25) is 0 Å². The molecule has 0 aliphatic heterocycles. The Balaban J connectivity index is 0.000000144. The summed E-state index contributed by atoms with van der Waals surface area (Å²) in [6, 6.07) is 0. The van der Waals surface area contributed by atoms with E-state index in [0.717, 1.165) is 0 Å². The van der Waals surface area contributed by atoms with Crippen LogP contribution in [0.4, 0.5) is 17.3 Å². The summed E-state index contributed by atoms with van der Waals surface area (Å²) in [5.41, 5.74) is 0. The Morgan fingerprint density at radius 2 is 1.22 bits per heavy atom. The van der Waals surface area contributed by atoms with Gasteiger partial charge in [0.05, 0.1) is 0 Å². The van der Waals surface area contributed by atoms with E-state index < -0.39 is 7.25 Å². The Morgan fingerprint density at radius 3 is 1.22 bits per heavy atom. The molecule has 9 heavy (non-hydrogen) atoms. The molecule has 0 spiro atoms. The summed E-state index contributed by atoms with van der Waals surface area (Å²) in [7, 11) is -6.00. The average Bonchev–Trinajstić information content (AvgIpc) is 2.13. The third-order valence-corrected chi connectivity index (χ3v) is 2.67. The molecule has 1 fully saturated rings. The van der Waals surface area contributed by atoms with Gasteiger partial charge in [0, 0.05) is 0 Å². The van der Waals surface area contributed by atoms with Crippen LogP contribution in [0.15, 0.2) is 0 Å². The molecule has 0 aromatic heterocycles. The quantitative estimate of drug-likeness (QED) is 0.382. The zero-order valence-corrected chi connectivity index (χ0v) is 8.20. The van der Waals surface area contributed by atoms with Gasteiger partial charge in [-0.05, 0) is 0 Å². The first-order chi connectivity index (χ1) is 3.89. The van der Waals surface area contributed by atoms with Crippen molar-refractivity contribution in [3.8, 4) is 0 Å². The van der Waals surface area contributed by atoms with Crippen molar-refractivity contribution in [2.75, 3.05) is 0 Å². The molecule has 0 bridgehead atoms. The summed E-state index contributed by atoms with van der Waals surface area (Å²) in [6.45, 7) is 0. The molecule has 0 aromatic rings. The fourth-order valence-electron chi connectivity index (χ4n) is 0.167. The van der Waals surface area contributed by atoms with Gasteiger partial charge in [-0.25, -0.2) is 0 Å². The minimum absolute atomic E-state index is 1.17. The van der Waals surface area contributed by atoms with Crippen molar-refractivity contribution in [3.63, 3.8) is 0 Å². The first kappa shape index (κ1) is 10.4. The molecule has 0 N–H and O–H groups in total. The summed E-state index contributed by atoms with van der Waals surface area (Å²) in [6.07, 6.45) is 3.14. The SMILES string of the molecule is F[B-](F)(F)F.[K][CH]1CC1. The normalized spacial score (nSPS) is 18.4. The first-order valence-corrected chi connectivity index (χ1v) is 4.57. The second-order valence-electron chi connectivity index (χ2n) is 2.18. The molecule has 0 saturated heterocycles. The van der Waals surface area contributed by atoms with E-state index in [2.05, 4.69) is 0 Å². The van der Waals surface area contributed by atoms with Crippen LogP contribution in [0.5, 0.6) is 0 Å². The van der Waals surface area contributed by atoms with E-state index >= 15 is 0 Å². The molecule has 6 heteroatoms. The average molecular weight is 167 g/mol. The summed E-state index contributed by atoms with van der Waals surface area (Å²) >= 11 is 1.17. The summed E-state index contributed by atoms with van der Waals surface area (Å²) in [5.74, 6) is 0. The van der Waals surface area contributed by atoms with Crippen LogP contribution in [-0.4, -0.2) is 56.2 Å². The summed E-state index contributed by atoms with van der Waals surface area (Å²) in [5, 5.41) is 0. The van der Waals surface area contributed by atoms with Crippen LogP contribution in [0, 0.1) is 0 Å². The molecular formula is C3H5BF4K-. The molecule has 0 aromatic carbocycles. The maximum absolute atomic E-state index is 9.75. The van der Waals surface area contributed by atoms with Crippen LogP contribution in [0.25, 0.3) is 0 Å². The molecule has 0 atom stereocenters. The summed E-state index contributed by atoms with van der Waals surface area (Å²) in [4.78, 5) is 0. The van der Waals surface area contributed by atoms with Crippen molar-refractivity contribution >= 4 is 56.2 Å². The molecule has 1 saturated carbocycles. The Hall–Kier alpha value is 1.42. The number of halogens is 4. The molecule has 0 unspecified atom stereocenters. The van der Waals surface area contributed by atoms with Crippen LogP contribution in [0.1, 0.15) is 12.8 Å². The van der Waals surface area contributed by atoms with Crippen molar-refractivity contribution in [3.05, 3.63) is 0 Å². The van der Waals surface area contributed by atoms with Crippen molar-refractivity contribution in [2.24, 2.45) is 0 Å². The Morgan fingerprint density at radius 1 is 1.11 bits per heavy atom. The second-order valence-corrected chi connectivity index (χ2v) is 4.73. The number of hydrogen-bond acceptors (Lipinski definition) is 0. The van der Waals surface area contributed by atoms with Crippen LogP contribution in [0.3, 0.4) is 0 Å². The van der Waals surface area contributed by atoms with Gasteiger partial charge in [-0.15, -0.1) is 0 Å². The summed E-state index contributed by atoms with van der Waals surface area (Å²) < 4.78 is 40.3. The van der Waals surface area contributed by atoms with Crippen molar-refractivity contribution in [1.82, 2.24) is 0 Å². The minimum atomic E-state index is -6.00. The topological polar surface area (TPSA) is 0 Å². The van der Waals surface area contributed by atoms with Gasteiger partial charge < -0.3 is 17.3 Å². The fourth-order valence-corrected chi connectivity index (χ4v) is 0.687. The Bertz CT molecular complexity index is 72.4. The predicted molar refractivity (Wildman–Crippen MR) is 28.9 cm³/mol. The van der Waals surface area contributed by atoms with Crippen molar-refractivity contribution in [1.29, 1.82) is 0 Å². The third kappa shape index (κ3) is 26.5. The van der Waals surface area contributed by atoms with Gasteiger partial charge in [0.1, 0.15) is 0 Å². The maximum atomic E-state index is 9.75. The van der Waals surface area contributed by atoms with Crippen molar-refractivity contribution in [2.45, 2.75) is 12.9 Å². The first-order valence-electron chi connectivity index (χ1n) is 2.77. The molecule has 0 heterocycles. The second kappa shape index (κ2) is 4.33. The number of hydrogen-bond donors (Lipinski definition) is 0. The number of rotatable bonds is 0. The standard InChI is InChI=1S/C3H5.BF4.K/c1-2-3-1;2-1(3,4)5;/h1H,2-3H2;;/q;-1;. The molecule has 1 aliphatic carbocycles. The van der Waals surface area contributed by atoms with E-state index in [9.17, 15) is 17.3 Å². The van der Waals surface area contributed by atoms with Crippen LogP contribution >= 0.6 is 0 Å². The van der Waals surface area contributed by atoms with Crippen LogP contribution in [-0.2, 0) is 0 Å². The Labute approximate surface area is 85.1 Å². The van der Waals surface area contributed by atoms with Gasteiger partial charge in [-0.3, -0.25) is 0 Å². The van der Waals surface area contributed by atoms with E-state index in [0.29, 0.717) is 0 Å². The molecule has 0 radical (unpaired) electrons. The molecule has 50 valence electrons. The molecule has 1 aliphatic rings. The monoisotopic (exact) mass is 167 g/mol. The van der Waals surface area contributed by atoms with E-state index in [-0.39, 0.29) is 0 Å². The predicted octanol–water partition coefficient (Wildman–Crippen LogP) is 2.04. The molecule has 1 rings (SSSR count).